The largest absolute Gasteiger partial charge is 0.394 e. The molecule has 2 atom stereocenters. The first-order valence-corrected chi connectivity index (χ1v) is 7.37. The second-order valence-corrected chi connectivity index (χ2v) is 5.79. The summed E-state index contributed by atoms with van der Waals surface area (Å²) in [5, 5.41) is 9.15. The van der Waals surface area contributed by atoms with E-state index < -0.39 is 0 Å². The number of nitrogens with two attached hydrogens (primary N) is 1. The van der Waals surface area contributed by atoms with Gasteiger partial charge in [0.05, 0.1) is 19.3 Å². The zero-order valence-electron chi connectivity index (χ0n) is 12.5. The monoisotopic (exact) mass is 278 g/mol. The van der Waals surface area contributed by atoms with E-state index in [0.29, 0.717) is 6.61 Å². The number of hydrogen-bond donors (Lipinski definition) is 2. The van der Waals surface area contributed by atoms with Crippen LogP contribution in [0.2, 0.25) is 0 Å². The van der Waals surface area contributed by atoms with Gasteiger partial charge in [-0.25, -0.2) is 0 Å². The average Bonchev–Trinajstić information content (AvgIpc) is 2.44. The predicted octanol–water partition coefficient (Wildman–Crippen LogP) is 1.39. The molecule has 1 saturated heterocycles. The molecule has 0 aliphatic carbocycles. The minimum absolute atomic E-state index is 0.0406. The lowest BCUT2D eigenvalue weighted by Crippen LogP contribution is -2.44. The molecule has 3 N–H and O–H groups in total. The van der Waals surface area contributed by atoms with Crippen LogP contribution in [0.25, 0.3) is 0 Å². The van der Waals surface area contributed by atoms with E-state index in [2.05, 4.69) is 36.9 Å². The maximum Gasteiger partial charge on any atom is 0.0932 e. The fourth-order valence-electron chi connectivity index (χ4n) is 2.81. The molecule has 1 aromatic carbocycles. The summed E-state index contributed by atoms with van der Waals surface area (Å²) in [6.45, 7) is 7.69. The van der Waals surface area contributed by atoms with Crippen molar-refractivity contribution < 1.29 is 9.84 Å². The molecule has 1 heterocycles. The molecule has 0 aromatic heterocycles. The van der Waals surface area contributed by atoms with Gasteiger partial charge in [-0.05, 0) is 25.8 Å². The minimum Gasteiger partial charge on any atom is -0.394 e. The molecule has 1 aliphatic rings. The topological polar surface area (TPSA) is 58.7 Å². The molecule has 2 unspecified atom stereocenters. The fourth-order valence-corrected chi connectivity index (χ4v) is 2.81. The molecule has 20 heavy (non-hydrogen) atoms. The lowest BCUT2D eigenvalue weighted by atomic mass is 9.99. The molecule has 0 radical (unpaired) electrons. The molecule has 1 fully saturated rings. The van der Waals surface area contributed by atoms with Crippen molar-refractivity contribution in [3.63, 3.8) is 0 Å². The molecule has 0 saturated carbocycles. The van der Waals surface area contributed by atoms with Crippen molar-refractivity contribution in [3.8, 4) is 0 Å². The van der Waals surface area contributed by atoms with Crippen molar-refractivity contribution in [1.29, 1.82) is 0 Å². The van der Waals surface area contributed by atoms with Gasteiger partial charge in [0.1, 0.15) is 0 Å². The molecule has 0 amide bonds. The van der Waals surface area contributed by atoms with Gasteiger partial charge in [-0.15, -0.1) is 0 Å². The number of ether oxygens (including phenoxy) is 1. The lowest BCUT2D eigenvalue weighted by molar-refractivity contribution is -0.0531. The summed E-state index contributed by atoms with van der Waals surface area (Å²) < 4.78 is 5.46. The van der Waals surface area contributed by atoms with Crippen LogP contribution >= 0.6 is 0 Å². The van der Waals surface area contributed by atoms with Gasteiger partial charge in [0.2, 0.25) is 0 Å². The Morgan fingerprint density at radius 1 is 1.35 bits per heavy atom. The van der Waals surface area contributed by atoms with Gasteiger partial charge in [-0.1, -0.05) is 29.3 Å². The number of rotatable bonds is 5. The van der Waals surface area contributed by atoms with Crippen molar-refractivity contribution in [3.05, 3.63) is 34.9 Å². The van der Waals surface area contributed by atoms with E-state index in [9.17, 15) is 0 Å². The second-order valence-electron chi connectivity index (χ2n) is 5.79. The van der Waals surface area contributed by atoms with Gasteiger partial charge < -0.3 is 15.6 Å². The maximum atomic E-state index is 9.15. The first-order chi connectivity index (χ1) is 9.58. The summed E-state index contributed by atoms with van der Waals surface area (Å²) in [5.41, 5.74) is 10.1. The summed E-state index contributed by atoms with van der Waals surface area (Å²) in [5.74, 6) is 0. The Morgan fingerprint density at radius 2 is 2.05 bits per heavy atom. The Hall–Kier alpha value is -0.940. The molecule has 2 rings (SSSR count). The Balaban J connectivity index is 1.86. The number of nitrogens with zero attached hydrogens (tertiary/aromatic N) is 1. The van der Waals surface area contributed by atoms with E-state index in [4.69, 9.17) is 15.6 Å². The van der Waals surface area contributed by atoms with Crippen molar-refractivity contribution in [2.45, 2.75) is 32.4 Å². The quantitative estimate of drug-likeness (QED) is 0.854. The summed E-state index contributed by atoms with van der Waals surface area (Å²) >= 11 is 0. The SMILES string of the molecule is Cc1cc(C)cc(C(N)CCN2CCOC(CO)C2)c1. The minimum atomic E-state index is -0.0406. The highest BCUT2D eigenvalue weighted by atomic mass is 16.5. The van der Waals surface area contributed by atoms with E-state index >= 15 is 0 Å². The number of benzene rings is 1. The molecule has 112 valence electrons. The standard InChI is InChI=1S/C16H26N2O2/c1-12-7-13(2)9-14(8-12)16(17)3-4-18-5-6-20-15(10-18)11-19/h7-9,15-16,19H,3-6,10-11,17H2,1-2H3. The molecule has 1 aromatic rings. The van der Waals surface area contributed by atoms with Crippen molar-refractivity contribution in [1.82, 2.24) is 4.90 Å². The van der Waals surface area contributed by atoms with Crippen LogP contribution in [0, 0.1) is 13.8 Å². The summed E-state index contributed by atoms with van der Waals surface area (Å²) in [4.78, 5) is 2.33. The summed E-state index contributed by atoms with van der Waals surface area (Å²) in [6, 6.07) is 6.59. The molecule has 4 heteroatoms. The van der Waals surface area contributed by atoms with Crippen LogP contribution in [0.4, 0.5) is 0 Å². The van der Waals surface area contributed by atoms with Crippen LogP contribution in [0.3, 0.4) is 0 Å². The molecular formula is C16H26N2O2. The number of morpholine rings is 1. The van der Waals surface area contributed by atoms with E-state index in [1.54, 1.807) is 0 Å². The van der Waals surface area contributed by atoms with Crippen LogP contribution in [0.15, 0.2) is 18.2 Å². The maximum absolute atomic E-state index is 9.15. The molecule has 4 nitrogen and oxygen atoms in total. The smallest absolute Gasteiger partial charge is 0.0932 e. The molecule has 0 bridgehead atoms. The van der Waals surface area contributed by atoms with E-state index in [1.165, 1.54) is 16.7 Å². The molecule has 1 aliphatic heterocycles. The van der Waals surface area contributed by atoms with Crippen molar-refractivity contribution in [2.75, 3.05) is 32.8 Å². The van der Waals surface area contributed by atoms with E-state index in [-0.39, 0.29) is 18.8 Å². The Morgan fingerprint density at radius 3 is 2.70 bits per heavy atom. The summed E-state index contributed by atoms with van der Waals surface area (Å²) in [7, 11) is 0. The van der Waals surface area contributed by atoms with Crippen molar-refractivity contribution >= 4 is 0 Å². The van der Waals surface area contributed by atoms with Gasteiger partial charge in [0.15, 0.2) is 0 Å². The van der Waals surface area contributed by atoms with Crippen LogP contribution < -0.4 is 5.73 Å². The lowest BCUT2D eigenvalue weighted by Gasteiger charge is -2.32. The Bertz CT molecular complexity index is 416. The van der Waals surface area contributed by atoms with Crippen LogP contribution in [-0.4, -0.2) is 49.0 Å². The first-order valence-electron chi connectivity index (χ1n) is 7.37. The zero-order valence-corrected chi connectivity index (χ0v) is 12.5. The van der Waals surface area contributed by atoms with Gasteiger partial charge in [0.25, 0.3) is 0 Å². The zero-order chi connectivity index (χ0) is 14.5. The second kappa shape index (κ2) is 7.18. The normalized spacial score (nSPS) is 21.9. The van der Waals surface area contributed by atoms with Crippen molar-refractivity contribution in [2.24, 2.45) is 5.73 Å². The molecular weight excluding hydrogens is 252 g/mol. The number of aliphatic hydroxyl groups excluding tert-OH is 1. The third kappa shape index (κ3) is 4.28. The third-order valence-electron chi connectivity index (χ3n) is 3.86. The average molecular weight is 278 g/mol. The van der Waals surface area contributed by atoms with Crippen LogP contribution in [0.5, 0.6) is 0 Å². The van der Waals surface area contributed by atoms with Gasteiger partial charge in [-0.3, -0.25) is 4.90 Å². The molecule has 0 spiro atoms. The number of hydrogen-bond acceptors (Lipinski definition) is 4. The third-order valence-corrected chi connectivity index (χ3v) is 3.86. The fraction of sp³-hybridized carbons (Fsp3) is 0.625. The summed E-state index contributed by atoms with van der Waals surface area (Å²) in [6.07, 6.45) is 0.891. The number of aliphatic hydroxyl groups is 1. The van der Waals surface area contributed by atoms with E-state index in [1.807, 2.05) is 0 Å². The first kappa shape index (κ1) is 15.4. The van der Waals surface area contributed by atoms with Gasteiger partial charge in [0, 0.05) is 25.7 Å². The Labute approximate surface area is 121 Å². The van der Waals surface area contributed by atoms with E-state index in [0.717, 1.165) is 26.1 Å². The van der Waals surface area contributed by atoms with Crippen LogP contribution in [0.1, 0.15) is 29.2 Å². The van der Waals surface area contributed by atoms with Crippen LogP contribution in [-0.2, 0) is 4.74 Å². The highest BCUT2D eigenvalue weighted by Gasteiger charge is 2.20. The van der Waals surface area contributed by atoms with Gasteiger partial charge in [-0.2, -0.15) is 0 Å². The number of aryl methyl sites for hydroxylation is 2. The Kier molecular flexibility index (Phi) is 5.54. The predicted molar refractivity (Wildman–Crippen MR) is 80.7 cm³/mol. The van der Waals surface area contributed by atoms with Gasteiger partial charge >= 0.3 is 0 Å². The highest BCUT2D eigenvalue weighted by Crippen LogP contribution is 2.18. The highest BCUT2D eigenvalue weighted by molar-refractivity contribution is 5.30.